The summed E-state index contributed by atoms with van der Waals surface area (Å²) in [6.45, 7) is 1.79. The second-order valence-electron chi connectivity index (χ2n) is 6.22. The second kappa shape index (κ2) is 7.01. The molecule has 0 saturated heterocycles. The molecule has 2 aromatic heterocycles. The third-order valence-electron chi connectivity index (χ3n) is 4.59. The summed E-state index contributed by atoms with van der Waals surface area (Å²) < 4.78 is 12.6. The van der Waals surface area contributed by atoms with E-state index in [1.54, 1.807) is 49.3 Å². The lowest BCUT2D eigenvalue weighted by atomic mass is 9.94. The molecule has 1 aliphatic heterocycles. The minimum absolute atomic E-state index is 0.390. The zero-order valence-corrected chi connectivity index (χ0v) is 16.4. The molecule has 0 aliphatic carbocycles. The Hall–Kier alpha value is -3.33. The first-order valence-electron chi connectivity index (χ1n) is 8.53. The molecule has 0 radical (unpaired) electrons. The normalized spacial score (nSPS) is 15.8. The van der Waals surface area contributed by atoms with Gasteiger partial charge in [0.25, 0.3) is 0 Å². The summed E-state index contributed by atoms with van der Waals surface area (Å²) in [5.74, 6) is 1.79. The molecule has 3 N–H and O–H groups in total. The minimum Gasteiger partial charge on any atom is -0.497 e. The molecule has 1 atom stereocenters. The molecule has 3 aromatic rings. The molecule has 1 unspecified atom stereocenters. The number of primary amides is 1. The van der Waals surface area contributed by atoms with Crippen LogP contribution in [0, 0.1) is 0 Å². The number of allylic oxidation sites excluding steroid dienone is 1. The number of nitrogens with one attached hydrogen (secondary N) is 1. The molecule has 8 nitrogen and oxygen atoms in total. The van der Waals surface area contributed by atoms with Crippen molar-refractivity contribution in [1.82, 2.24) is 14.8 Å². The Balaban J connectivity index is 1.95. The highest BCUT2D eigenvalue weighted by molar-refractivity contribution is 7.13. The number of methoxy groups -OCH3 is 2. The summed E-state index contributed by atoms with van der Waals surface area (Å²) in [5.41, 5.74) is 7.46. The zero-order chi connectivity index (χ0) is 19.8. The molecule has 144 valence electrons. The van der Waals surface area contributed by atoms with Crippen molar-refractivity contribution < 1.29 is 14.3 Å². The van der Waals surface area contributed by atoms with Gasteiger partial charge < -0.3 is 20.5 Å². The molecule has 0 bridgehead atoms. The van der Waals surface area contributed by atoms with Gasteiger partial charge >= 0.3 is 0 Å². The predicted molar refractivity (Wildman–Crippen MR) is 107 cm³/mol. The van der Waals surface area contributed by atoms with Gasteiger partial charge in [-0.25, -0.2) is 4.68 Å². The lowest BCUT2D eigenvalue weighted by molar-refractivity contribution is -0.115. The number of benzene rings is 1. The van der Waals surface area contributed by atoms with Crippen LogP contribution >= 0.6 is 11.3 Å². The van der Waals surface area contributed by atoms with Crippen LogP contribution in [0.5, 0.6) is 11.5 Å². The highest BCUT2D eigenvalue weighted by atomic mass is 32.1. The molecule has 0 fully saturated rings. The van der Waals surface area contributed by atoms with E-state index in [0.29, 0.717) is 40.1 Å². The maximum Gasteiger partial charge on any atom is 0.248 e. The van der Waals surface area contributed by atoms with Gasteiger partial charge in [0.15, 0.2) is 5.82 Å². The number of carbonyl (C=O) groups is 1. The van der Waals surface area contributed by atoms with Crippen LogP contribution in [0.4, 0.5) is 5.95 Å². The molecule has 1 aromatic carbocycles. The van der Waals surface area contributed by atoms with Crippen LogP contribution in [0.15, 0.2) is 47.0 Å². The van der Waals surface area contributed by atoms with Crippen LogP contribution in [-0.4, -0.2) is 34.9 Å². The lowest BCUT2D eigenvalue weighted by Gasteiger charge is -2.28. The molecular weight excluding hydrogens is 378 g/mol. The van der Waals surface area contributed by atoms with E-state index in [2.05, 4.69) is 15.4 Å². The summed E-state index contributed by atoms with van der Waals surface area (Å²) in [5, 5.41) is 9.77. The third kappa shape index (κ3) is 2.89. The number of carbonyl (C=O) groups excluding carboxylic acids is 1. The SMILES string of the molecule is COc1ccc(OC)c(C2C(C(N)=O)=C(C)Nc3nc(-c4cccs4)nn32)c1. The van der Waals surface area contributed by atoms with E-state index < -0.39 is 11.9 Å². The summed E-state index contributed by atoms with van der Waals surface area (Å²) >= 11 is 1.54. The van der Waals surface area contributed by atoms with Crippen molar-refractivity contribution in [3.8, 4) is 22.2 Å². The van der Waals surface area contributed by atoms with Crippen molar-refractivity contribution in [2.24, 2.45) is 5.73 Å². The van der Waals surface area contributed by atoms with Crippen molar-refractivity contribution in [3.63, 3.8) is 0 Å². The minimum atomic E-state index is -0.597. The molecule has 3 heterocycles. The monoisotopic (exact) mass is 397 g/mol. The van der Waals surface area contributed by atoms with Gasteiger partial charge in [-0.3, -0.25) is 4.79 Å². The van der Waals surface area contributed by atoms with Gasteiger partial charge in [-0.1, -0.05) is 6.07 Å². The van der Waals surface area contributed by atoms with E-state index in [1.807, 2.05) is 23.6 Å². The molecule has 1 amide bonds. The van der Waals surface area contributed by atoms with E-state index in [1.165, 1.54) is 0 Å². The maximum atomic E-state index is 12.3. The summed E-state index contributed by atoms with van der Waals surface area (Å²) in [6.07, 6.45) is 0. The number of rotatable bonds is 5. The lowest BCUT2D eigenvalue weighted by Crippen LogP contribution is -2.32. The van der Waals surface area contributed by atoms with E-state index in [0.717, 1.165) is 4.88 Å². The van der Waals surface area contributed by atoms with Gasteiger partial charge in [0.1, 0.15) is 17.5 Å². The predicted octanol–water partition coefficient (Wildman–Crippen LogP) is 2.80. The van der Waals surface area contributed by atoms with Crippen LogP contribution in [0.1, 0.15) is 18.5 Å². The molecule has 1 aliphatic rings. The standard InChI is InChI=1S/C19H19N5O3S/c1-10-15(17(20)25)16(12-9-11(26-2)6-7-13(12)27-3)24-19(21-10)22-18(23-24)14-5-4-8-28-14/h4-9,16H,1-3H3,(H2,20,25)(H,21,22,23). The van der Waals surface area contributed by atoms with E-state index in [4.69, 9.17) is 15.2 Å². The van der Waals surface area contributed by atoms with Gasteiger partial charge in [0.2, 0.25) is 11.9 Å². The van der Waals surface area contributed by atoms with E-state index in [9.17, 15) is 4.79 Å². The average molecular weight is 397 g/mol. The Morgan fingerprint density at radius 1 is 1.29 bits per heavy atom. The van der Waals surface area contributed by atoms with Gasteiger partial charge in [-0.15, -0.1) is 16.4 Å². The van der Waals surface area contributed by atoms with Gasteiger partial charge in [0.05, 0.1) is 24.7 Å². The van der Waals surface area contributed by atoms with Crippen LogP contribution in [-0.2, 0) is 4.79 Å². The number of hydrogen-bond acceptors (Lipinski definition) is 7. The molecule has 0 saturated carbocycles. The summed E-state index contributed by atoms with van der Waals surface area (Å²) in [4.78, 5) is 17.9. The van der Waals surface area contributed by atoms with E-state index in [-0.39, 0.29) is 0 Å². The Kier molecular flexibility index (Phi) is 4.52. The number of amides is 1. The van der Waals surface area contributed by atoms with Crippen LogP contribution < -0.4 is 20.5 Å². The Morgan fingerprint density at radius 3 is 2.75 bits per heavy atom. The number of thiophene rings is 1. The number of nitrogens with zero attached hydrogens (tertiary/aromatic N) is 3. The summed E-state index contributed by atoms with van der Waals surface area (Å²) in [7, 11) is 3.16. The number of nitrogens with two attached hydrogens (primary N) is 1. The van der Waals surface area contributed by atoms with Gasteiger partial charge in [-0.05, 0) is 36.6 Å². The highest BCUT2D eigenvalue weighted by Gasteiger charge is 2.35. The quantitative estimate of drug-likeness (QED) is 0.686. The average Bonchev–Trinajstić information content (AvgIpc) is 3.35. The smallest absolute Gasteiger partial charge is 0.248 e. The largest absolute Gasteiger partial charge is 0.497 e. The molecule has 9 heteroatoms. The third-order valence-corrected chi connectivity index (χ3v) is 5.46. The highest BCUT2D eigenvalue weighted by Crippen LogP contribution is 2.41. The number of anilines is 1. The Bertz CT molecular complexity index is 1070. The zero-order valence-electron chi connectivity index (χ0n) is 15.6. The fourth-order valence-electron chi connectivity index (χ4n) is 3.32. The van der Waals surface area contributed by atoms with Crippen molar-refractivity contribution in [1.29, 1.82) is 0 Å². The van der Waals surface area contributed by atoms with E-state index >= 15 is 0 Å². The van der Waals surface area contributed by atoms with Crippen molar-refractivity contribution in [2.75, 3.05) is 19.5 Å². The fourth-order valence-corrected chi connectivity index (χ4v) is 3.97. The van der Waals surface area contributed by atoms with Crippen LogP contribution in [0.2, 0.25) is 0 Å². The number of hydrogen-bond donors (Lipinski definition) is 2. The van der Waals surface area contributed by atoms with Gasteiger partial charge in [-0.2, -0.15) is 4.98 Å². The van der Waals surface area contributed by atoms with Crippen LogP contribution in [0.3, 0.4) is 0 Å². The number of aromatic nitrogens is 3. The van der Waals surface area contributed by atoms with Crippen molar-refractivity contribution in [3.05, 3.63) is 52.5 Å². The summed E-state index contributed by atoms with van der Waals surface area (Å²) in [6, 6.07) is 8.70. The van der Waals surface area contributed by atoms with Crippen LogP contribution in [0.25, 0.3) is 10.7 Å². The number of fused-ring (bicyclic) bond motifs is 1. The maximum absolute atomic E-state index is 12.3. The second-order valence-corrected chi connectivity index (χ2v) is 7.17. The molecular formula is C19H19N5O3S. The Morgan fingerprint density at radius 2 is 2.11 bits per heavy atom. The van der Waals surface area contributed by atoms with Gasteiger partial charge in [0, 0.05) is 11.3 Å². The molecule has 4 rings (SSSR count). The Labute approximate surface area is 165 Å². The topological polar surface area (TPSA) is 104 Å². The first-order valence-corrected chi connectivity index (χ1v) is 9.41. The van der Waals surface area contributed by atoms with Crippen molar-refractivity contribution in [2.45, 2.75) is 13.0 Å². The first kappa shape index (κ1) is 18.1. The molecule has 28 heavy (non-hydrogen) atoms. The first-order chi connectivity index (χ1) is 13.5. The van der Waals surface area contributed by atoms with Crippen molar-refractivity contribution >= 4 is 23.2 Å². The molecule has 0 spiro atoms. The number of ether oxygens (including phenoxy) is 2. The fraction of sp³-hybridized carbons (Fsp3) is 0.211.